The van der Waals surface area contributed by atoms with E-state index in [1.54, 1.807) is 7.11 Å². The Morgan fingerprint density at radius 3 is 2.87 bits per heavy atom. The fraction of sp³-hybridized carbons (Fsp3) is 0.300. The van der Waals surface area contributed by atoms with Crippen molar-refractivity contribution in [2.75, 3.05) is 13.7 Å². The lowest BCUT2D eigenvalue weighted by Gasteiger charge is -2.11. The first-order valence-corrected chi connectivity index (χ1v) is 5.38. The zero-order chi connectivity index (χ0) is 10.8. The van der Waals surface area contributed by atoms with Crippen molar-refractivity contribution in [1.29, 1.82) is 0 Å². The van der Waals surface area contributed by atoms with Crippen LogP contribution in [0.1, 0.15) is 11.6 Å². The highest BCUT2D eigenvalue weighted by Gasteiger charge is 2.21. The summed E-state index contributed by atoms with van der Waals surface area (Å²) in [6.07, 6.45) is 0. The number of carbonyl (C=O) groups excluding carboxylic acids is 1. The van der Waals surface area contributed by atoms with Gasteiger partial charge in [0.1, 0.15) is 5.75 Å². The molecule has 15 heavy (non-hydrogen) atoms. The summed E-state index contributed by atoms with van der Waals surface area (Å²) in [6.45, 7) is 0.623. The van der Waals surface area contributed by atoms with Crippen LogP contribution in [0.2, 0.25) is 0 Å². The largest absolute Gasteiger partial charge is 0.496 e. The van der Waals surface area contributed by atoms with E-state index < -0.39 is 0 Å². The molecule has 2 rings (SSSR count). The lowest BCUT2D eigenvalue weighted by Crippen LogP contribution is -2.21. The Balaban J connectivity index is 2.22. The van der Waals surface area contributed by atoms with Gasteiger partial charge in [0.25, 0.3) is 0 Å². The summed E-state index contributed by atoms with van der Waals surface area (Å²) < 4.78 is 6.03. The van der Waals surface area contributed by atoms with Crippen LogP contribution in [0.3, 0.4) is 0 Å². The van der Waals surface area contributed by atoms with E-state index in [9.17, 15) is 4.79 Å². The van der Waals surface area contributed by atoms with Gasteiger partial charge in [-0.1, -0.05) is 6.07 Å². The molecular weight excluding hydrogens is 260 g/mol. The van der Waals surface area contributed by atoms with E-state index >= 15 is 0 Å². The predicted octanol–water partition coefficient (Wildman–Crippen LogP) is 1.81. The Morgan fingerprint density at radius 1 is 1.53 bits per heavy atom. The number of hydrogen-bond acceptors (Lipinski definition) is 2. The van der Waals surface area contributed by atoms with Crippen LogP contribution in [0.15, 0.2) is 22.7 Å². The zero-order valence-corrected chi connectivity index (χ0v) is 9.80. The van der Waals surface area contributed by atoms with Crippen molar-refractivity contribution in [2.45, 2.75) is 6.04 Å². The lowest BCUT2D eigenvalue weighted by molar-refractivity contribution is 0.247. The summed E-state index contributed by atoms with van der Waals surface area (Å²) in [7, 11) is 1.62. The van der Waals surface area contributed by atoms with Crippen molar-refractivity contribution in [3.05, 3.63) is 28.2 Å². The minimum atomic E-state index is -0.119. The van der Waals surface area contributed by atoms with E-state index in [4.69, 9.17) is 4.74 Å². The van der Waals surface area contributed by atoms with Crippen molar-refractivity contribution in [3.63, 3.8) is 0 Å². The smallest absolute Gasteiger partial charge is 0.315 e. The molecule has 0 aliphatic carbocycles. The summed E-state index contributed by atoms with van der Waals surface area (Å²) >= 11 is 3.41. The molecule has 4 nitrogen and oxygen atoms in total. The second-order valence-electron chi connectivity index (χ2n) is 3.30. The summed E-state index contributed by atoms with van der Waals surface area (Å²) in [5, 5.41) is 5.54. The number of methoxy groups -OCH3 is 1. The van der Waals surface area contributed by atoms with Crippen molar-refractivity contribution >= 4 is 22.0 Å². The maximum absolute atomic E-state index is 11.0. The molecule has 1 unspecified atom stereocenters. The van der Waals surface area contributed by atoms with E-state index in [-0.39, 0.29) is 12.1 Å². The Bertz CT molecular complexity index is 395. The van der Waals surface area contributed by atoms with Crippen LogP contribution in [0.5, 0.6) is 5.75 Å². The van der Waals surface area contributed by atoms with Gasteiger partial charge in [0.15, 0.2) is 0 Å². The van der Waals surface area contributed by atoms with Crippen molar-refractivity contribution in [2.24, 2.45) is 0 Å². The normalized spacial score (nSPS) is 19.6. The van der Waals surface area contributed by atoms with E-state index in [0.29, 0.717) is 6.54 Å². The highest BCUT2D eigenvalue weighted by atomic mass is 79.9. The van der Waals surface area contributed by atoms with Gasteiger partial charge >= 0.3 is 6.03 Å². The summed E-state index contributed by atoms with van der Waals surface area (Å²) in [5.74, 6) is 0.788. The molecule has 1 aromatic rings. The van der Waals surface area contributed by atoms with Gasteiger partial charge in [-0.3, -0.25) is 0 Å². The van der Waals surface area contributed by atoms with Crippen molar-refractivity contribution in [1.82, 2.24) is 10.6 Å². The first kappa shape index (κ1) is 10.3. The van der Waals surface area contributed by atoms with E-state index in [0.717, 1.165) is 15.8 Å². The highest BCUT2D eigenvalue weighted by Crippen LogP contribution is 2.28. The summed E-state index contributed by atoms with van der Waals surface area (Å²) in [4.78, 5) is 11.0. The Hall–Kier alpha value is -1.23. The third kappa shape index (κ3) is 2.07. The molecule has 1 heterocycles. The number of ether oxygens (including phenoxy) is 1. The molecule has 2 amide bonds. The van der Waals surface area contributed by atoms with E-state index in [1.165, 1.54) is 0 Å². The Morgan fingerprint density at radius 2 is 2.33 bits per heavy atom. The summed E-state index contributed by atoms with van der Waals surface area (Å²) in [5.41, 5.74) is 1.06. The molecule has 1 saturated heterocycles. The molecule has 1 aromatic carbocycles. The molecule has 2 N–H and O–H groups in total. The van der Waals surface area contributed by atoms with Gasteiger partial charge in [0, 0.05) is 6.54 Å². The average Bonchev–Trinajstić information content (AvgIpc) is 2.65. The van der Waals surface area contributed by atoms with Crippen molar-refractivity contribution in [3.8, 4) is 5.75 Å². The highest BCUT2D eigenvalue weighted by molar-refractivity contribution is 9.10. The molecule has 1 aliphatic rings. The van der Waals surface area contributed by atoms with Crippen LogP contribution in [0.25, 0.3) is 0 Å². The second kappa shape index (κ2) is 4.10. The average molecular weight is 271 g/mol. The first-order valence-electron chi connectivity index (χ1n) is 4.58. The number of urea groups is 1. The second-order valence-corrected chi connectivity index (χ2v) is 4.16. The van der Waals surface area contributed by atoms with Gasteiger partial charge in [-0.2, -0.15) is 0 Å². The Labute approximate surface area is 96.1 Å². The number of nitrogens with one attached hydrogen (secondary N) is 2. The van der Waals surface area contributed by atoms with E-state index in [1.807, 2.05) is 18.2 Å². The number of amides is 2. The molecule has 0 spiro atoms. The SMILES string of the molecule is COc1ccc(C2CNC(=O)N2)cc1Br. The van der Waals surface area contributed by atoms with Gasteiger partial charge in [-0.25, -0.2) is 4.79 Å². The Kier molecular flexibility index (Phi) is 2.81. The van der Waals surface area contributed by atoms with Crippen LogP contribution >= 0.6 is 15.9 Å². The number of hydrogen-bond donors (Lipinski definition) is 2. The monoisotopic (exact) mass is 270 g/mol. The molecule has 80 valence electrons. The molecule has 1 aliphatic heterocycles. The molecule has 0 radical (unpaired) electrons. The summed E-state index contributed by atoms with van der Waals surface area (Å²) in [6, 6.07) is 5.70. The molecular formula is C10H11BrN2O2. The zero-order valence-electron chi connectivity index (χ0n) is 8.21. The fourth-order valence-corrected chi connectivity index (χ4v) is 2.11. The number of carbonyl (C=O) groups is 1. The van der Waals surface area contributed by atoms with Crippen LogP contribution in [-0.2, 0) is 0 Å². The molecule has 5 heteroatoms. The van der Waals surface area contributed by atoms with Gasteiger partial charge in [0.05, 0.1) is 17.6 Å². The quantitative estimate of drug-likeness (QED) is 0.861. The fourth-order valence-electron chi connectivity index (χ4n) is 1.56. The predicted molar refractivity (Wildman–Crippen MR) is 60.0 cm³/mol. The number of rotatable bonds is 2. The van der Waals surface area contributed by atoms with Crippen molar-refractivity contribution < 1.29 is 9.53 Å². The van der Waals surface area contributed by atoms with Gasteiger partial charge in [0.2, 0.25) is 0 Å². The molecule has 0 saturated carbocycles. The maximum atomic E-state index is 11.0. The van der Waals surface area contributed by atoms with Crippen LogP contribution in [0, 0.1) is 0 Å². The van der Waals surface area contributed by atoms with Gasteiger partial charge < -0.3 is 15.4 Å². The number of benzene rings is 1. The minimum absolute atomic E-state index is 0.0414. The third-order valence-electron chi connectivity index (χ3n) is 2.35. The molecule has 1 atom stereocenters. The van der Waals surface area contributed by atoms with Crippen LogP contribution in [0.4, 0.5) is 4.79 Å². The van der Waals surface area contributed by atoms with Gasteiger partial charge in [-0.05, 0) is 33.6 Å². The minimum Gasteiger partial charge on any atom is -0.496 e. The molecule has 0 bridgehead atoms. The molecule has 0 aromatic heterocycles. The van der Waals surface area contributed by atoms with E-state index in [2.05, 4.69) is 26.6 Å². The van der Waals surface area contributed by atoms with Crippen LogP contribution in [-0.4, -0.2) is 19.7 Å². The third-order valence-corrected chi connectivity index (χ3v) is 2.97. The topological polar surface area (TPSA) is 50.4 Å². The first-order chi connectivity index (χ1) is 7.20. The molecule has 1 fully saturated rings. The van der Waals surface area contributed by atoms with Gasteiger partial charge in [-0.15, -0.1) is 0 Å². The maximum Gasteiger partial charge on any atom is 0.315 e. The lowest BCUT2D eigenvalue weighted by atomic mass is 10.1. The number of halogens is 1. The standard InChI is InChI=1S/C10H11BrN2O2/c1-15-9-3-2-6(4-7(9)11)8-5-12-10(14)13-8/h2-4,8H,5H2,1H3,(H2,12,13,14). The van der Waals surface area contributed by atoms with Crippen LogP contribution < -0.4 is 15.4 Å².